The van der Waals surface area contributed by atoms with Crippen LogP contribution >= 0.6 is 0 Å². The molecule has 4 aromatic heterocycles. The highest BCUT2D eigenvalue weighted by molar-refractivity contribution is 7.93. The summed E-state index contributed by atoms with van der Waals surface area (Å²) in [6.45, 7) is 8.17. The number of nitrogens with zero attached hydrogens (tertiary/aromatic N) is 8. The summed E-state index contributed by atoms with van der Waals surface area (Å²) >= 11 is 0. The third-order valence-electron chi connectivity index (χ3n) is 10.7. The lowest BCUT2D eigenvalue weighted by Crippen LogP contribution is -2.15. The summed E-state index contributed by atoms with van der Waals surface area (Å²) < 4.78 is 74.5. The molecule has 0 aliphatic carbocycles. The lowest BCUT2D eigenvalue weighted by molar-refractivity contribution is 0.341. The van der Waals surface area contributed by atoms with Crippen molar-refractivity contribution in [2.75, 3.05) is 22.7 Å². The molecule has 4 aromatic carbocycles. The largest absolute Gasteiger partial charge is 0.493 e. The molecule has 352 valence electrons. The van der Waals surface area contributed by atoms with E-state index in [0.29, 0.717) is 69.2 Å². The topological polar surface area (TPSA) is 263 Å². The van der Waals surface area contributed by atoms with E-state index in [1.165, 1.54) is 70.0 Å². The maximum Gasteiger partial charge on any atom is 0.277 e. The molecule has 8 rings (SSSR count). The molecule has 68 heavy (non-hydrogen) atoms. The first-order valence-electron chi connectivity index (χ1n) is 21.8. The van der Waals surface area contributed by atoms with Crippen LogP contribution in [-0.4, -0.2) is 69.5 Å². The van der Waals surface area contributed by atoms with E-state index in [1.807, 2.05) is 13.8 Å². The van der Waals surface area contributed by atoms with Gasteiger partial charge >= 0.3 is 0 Å². The van der Waals surface area contributed by atoms with Gasteiger partial charge in [0.2, 0.25) is 0 Å². The zero-order chi connectivity index (χ0) is 48.3. The average molecular weight is 961 g/mol. The predicted octanol–water partition coefficient (Wildman–Crippen LogP) is 7.68. The molecule has 0 aliphatic heterocycles. The van der Waals surface area contributed by atoms with Crippen molar-refractivity contribution in [3.05, 3.63) is 117 Å². The second-order valence-electron chi connectivity index (χ2n) is 15.6. The number of rotatable bonds is 18. The fraction of sp³-hybridized carbons (Fsp3) is 0.261. The first-order chi connectivity index (χ1) is 32.6. The van der Waals surface area contributed by atoms with E-state index in [1.54, 1.807) is 52.2 Å². The molecule has 0 aliphatic rings. The van der Waals surface area contributed by atoms with Crippen LogP contribution in [0.5, 0.6) is 11.5 Å². The summed E-state index contributed by atoms with van der Waals surface area (Å²) in [6, 6.07) is 21.1. The van der Waals surface area contributed by atoms with Crippen molar-refractivity contribution >= 4 is 64.9 Å². The third kappa shape index (κ3) is 9.58. The smallest absolute Gasteiger partial charge is 0.277 e. The molecular formula is C46H48N12O8S2. The zero-order valence-electron chi connectivity index (χ0n) is 38.0. The SMILES string of the molecule is CCCc1nn(C)c2c(=O)[nH]c(-c3cc(S(=O)(=O)Nc4ccc(/N=N/c5ccc(NS(=O)(=O)c6ccc(OCC)c(-c7nc8c(CCC)nn(C)c8c(=O)[nH]7)c6)cc5)cc4)ccc3OCC)nc12. The maximum absolute atomic E-state index is 13.7. The molecule has 0 spiro atoms. The van der Waals surface area contributed by atoms with Gasteiger partial charge in [-0.25, -0.2) is 26.8 Å². The van der Waals surface area contributed by atoms with Gasteiger partial charge < -0.3 is 19.4 Å². The van der Waals surface area contributed by atoms with Gasteiger partial charge in [-0.2, -0.15) is 20.4 Å². The van der Waals surface area contributed by atoms with Gasteiger partial charge in [0.05, 0.1) is 56.9 Å². The molecule has 4 heterocycles. The van der Waals surface area contributed by atoms with Gasteiger partial charge in [0.25, 0.3) is 31.2 Å². The molecule has 0 bridgehead atoms. The molecule has 0 saturated carbocycles. The van der Waals surface area contributed by atoms with Gasteiger partial charge in [-0.1, -0.05) is 26.7 Å². The molecule has 8 aromatic rings. The first-order valence-corrected chi connectivity index (χ1v) is 24.7. The van der Waals surface area contributed by atoms with Gasteiger partial charge in [0.15, 0.2) is 11.0 Å². The van der Waals surface area contributed by atoms with Gasteiger partial charge in [-0.05, 0) is 112 Å². The molecule has 0 atom stereocenters. The lowest BCUT2D eigenvalue weighted by atomic mass is 10.1. The lowest BCUT2D eigenvalue weighted by Gasteiger charge is -2.13. The number of aromatic nitrogens is 8. The van der Waals surface area contributed by atoms with Crippen molar-refractivity contribution < 1.29 is 26.3 Å². The van der Waals surface area contributed by atoms with Gasteiger partial charge in [-0.15, -0.1) is 0 Å². The van der Waals surface area contributed by atoms with Crippen LogP contribution in [0.25, 0.3) is 44.8 Å². The summed E-state index contributed by atoms with van der Waals surface area (Å²) in [5, 5.41) is 17.4. The number of sulfonamides is 2. The Bertz CT molecular complexity index is 3330. The quantitative estimate of drug-likeness (QED) is 0.0604. The van der Waals surface area contributed by atoms with E-state index < -0.39 is 31.2 Å². The molecule has 0 radical (unpaired) electrons. The third-order valence-corrected chi connectivity index (χ3v) is 13.4. The standard InChI is InChI=1S/C46H48N12O8S2/c1-7-11-35-39-41(57(5)53-35)45(59)49-43(47-39)33-25-31(21-23-37(33)65-9-3)67(61,62)55-29-17-13-27(14-18-29)51-52-28-15-19-30(20-16-28)56-68(63,64)32-22-24-38(66-10-4)34(26-32)44-48-40-36(12-8-2)54-58(6)42(40)46(60)50-44/h13-26,55-56H,7-12H2,1-6H3,(H,47,49,59)(H,48,50,60)/b52-51+. The number of ether oxygens (including phenoxy) is 2. The zero-order valence-corrected chi connectivity index (χ0v) is 39.6. The maximum atomic E-state index is 13.7. The van der Waals surface area contributed by atoms with Crippen molar-refractivity contribution in [1.29, 1.82) is 0 Å². The van der Waals surface area contributed by atoms with Crippen LogP contribution in [0.3, 0.4) is 0 Å². The number of anilines is 2. The molecule has 0 unspecified atom stereocenters. The number of hydrogen-bond acceptors (Lipinski definition) is 14. The highest BCUT2D eigenvalue weighted by Gasteiger charge is 2.24. The van der Waals surface area contributed by atoms with Crippen LogP contribution in [-0.2, 0) is 47.0 Å². The number of nitrogens with one attached hydrogen (secondary N) is 4. The van der Waals surface area contributed by atoms with Gasteiger partial charge in [0.1, 0.15) is 34.2 Å². The van der Waals surface area contributed by atoms with Crippen LogP contribution < -0.4 is 30.0 Å². The van der Waals surface area contributed by atoms with Crippen LogP contribution in [0.15, 0.2) is 115 Å². The van der Waals surface area contributed by atoms with Crippen molar-refractivity contribution in [2.24, 2.45) is 24.3 Å². The number of aromatic amines is 2. The number of benzene rings is 4. The fourth-order valence-corrected chi connectivity index (χ4v) is 9.75. The van der Waals surface area contributed by atoms with E-state index >= 15 is 0 Å². The predicted molar refractivity (Wildman–Crippen MR) is 258 cm³/mol. The van der Waals surface area contributed by atoms with E-state index in [-0.39, 0.29) is 57.2 Å². The second-order valence-corrected chi connectivity index (χ2v) is 18.9. The number of azo groups is 1. The Labute approximate surface area is 390 Å². The van der Waals surface area contributed by atoms with E-state index in [9.17, 15) is 26.4 Å². The van der Waals surface area contributed by atoms with Crippen LogP contribution in [0.4, 0.5) is 22.7 Å². The molecule has 0 amide bonds. The molecule has 4 N–H and O–H groups in total. The summed E-state index contributed by atoms with van der Waals surface area (Å²) in [4.78, 5) is 41.2. The van der Waals surface area contributed by atoms with Crippen LogP contribution in [0.2, 0.25) is 0 Å². The normalized spacial score (nSPS) is 12.0. The van der Waals surface area contributed by atoms with Crippen molar-refractivity contribution in [2.45, 2.75) is 63.2 Å². The Hall–Kier alpha value is -7.72. The van der Waals surface area contributed by atoms with E-state index in [2.05, 4.69) is 39.8 Å². The number of fused-ring (bicyclic) bond motifs is 2. The number of hydrogen-bond donors (Lipinski definition) is 4. The Balaban J connectivity index is 0.960. The molecule has 0 saturated heterocycles. The average Bonchev–Trinajstić information content (AvgIpc) is 3.81. The van der Waals surface area contributed by atoms with Crippen molar-refractivity contribution in [3.8, 4) is 34.3 Å². The first kappa shape index (κ1) is 46.8. The highest BCUT2D eigenvalue weighted by atomic mass is 32.2. The fourth-order valence-electron chi connectivity index (χ4n) is 7.58. The molecule has 22 heteroatoms. The minimum absolute atomic E-state index is 0.0907. The van der Waals surface area contributed by atoms with Crippen molar-refractivity contribution in [3.63, 3.8) is 0 Å². The van der Waals surface area contributed by atoms with E-state index in [0.717, 1.165) is 12.8 Å². The number of aryl methyl sites for hydroxylation is 4. The van der Waals surface area contributed by atoms with E-state index in [4.69, 9.17) is 19.4 Å². The highest BCUT2D eigenvalue weighted by Crippen LogP contribution is 2.34. The Morgan fingerprint density at radius 3 is 1.31 bits per heavy atom. The van der Waals surface area contributed by atoms with Crippen molar-refractivity contribution in [1.82, 2.24) is 39.5 Å². The Kier molecular flexibility index (Phi) is 13.2. The molecule has 20 nitrogen and oxygen atoms in total. The minimum atomic E-state index is -4.14. The Morgan fingerprint density at radius 1 is 0.574 bits per heavy atom. The van der Waals surface area contributed by atoms with Crippen LogP contribution in [0, 0.1) is 0 Å². The summed E-state index contributed by atoms with van der Waals surface area (Å²) in [6.07, 6.45) is 2.80. The number of H-pyrrole nitrogens is 2. The minimum Gasteiger partial charge on any atom is -0.493 e. The van der Waals surface area contributed by atoms with Gasteiger partial charge in [-0.3, -0.25) is 28.4 Å². The summed E-state index contributed by atoms with van der Waals surface area (Å²) in [5.74, 6) is 0.973. The Morgan fingerprint density at radius 2 is 0.956 bits per heavy atom. The monoisotopic (exact) mass is 960 g/mol. The van der Waals surface area contributed by atoms with Crippen LogP contribution in [0.1, 0.15) is 51.9 Å². The summed E-state index contributed by atoms with van der Waals surface area (Å²) in [7, 11) is -4.94. The second kappa shape index (κ2) is 19.2. The van der Waals surface area contributed by atoms with Gasteiger partial charge in [0, 0.05) is 25.5 Å². The molecular weight excluding hydrogens is 913 g/mol. The summed E-state index contributed by atoms with van der Waals surface area (Å²) in [5.41, 5.74) is 3.90. The molecule has 0 fully saturated rings.